The molecule has 1 saturated carbocycles. The van der Waals surface area contributed by atoms with Crippen LogP contribution in [0.2, 0.25) is 0 Å². The summed E-state index contributed by atoms with van der Waals surface area (Å²) in [5.41, 5.74) is 2.16. The number of nitrogens with one attached hydrogen (secondary N) is 2. The number of ether oxygens (including phenoxy) is 1. The Bertz CT molecular complexity index is 823. The summed E-state index contributed by atoms with van der Waals surface area (Å²) >= 11 is 0. The van der Waals surface area contributed by atoms with Crippen LogP contribution in [-0.4, -0.2) is 31.1 Å². The van der Waals surface area contributed by atoms with Gasteiger partial charge in [-0.2, -0.15) is 0 Å². The largest absolute Gasteiger partial charge is 0.381 e. The van der Waals surface area contributed by atoms with Crippen molar-refractivity contribution in [2.75, 3.05) is 18.5 Å². The van der Waals surface area contributed by atoms with E-state index in [1.165, 1.54) is 0 Å². The molecular weight excluding hydrogens is 352 g/mol. The van der Waals surface area contributed by atoms with Gasteiger partial charge in [-0.15, -0.1) is 0 Å². The van der Waals surface area contributed by atoms with E-state index < -0.39 is 5.41 Å². The van der Waals surface area contributed by atoms with Crippen LogP contribution in [0.25, 0.3) is 0 Å². The van der Waals surface area contributed by atoms with Crippen LogP contribution >= 0.6 is 0 Å². The van der Waals surface area contributed by atoms with Gasteiger partial charge in [0.2, 0.25) is 11.8 Å². The van der Waals surface area contributed by atoms with Crippen LogP contribution in [0, 0.1) is 0 Å². The SMILES string of the molecule is O=C(Cc1ccc(NC(=O)C2(c3ccccc3)CCOCC2)cc1)NC1CC1. The summed E-state index contributed by atoms with van der Waals surface area (Å²) in [6.45, 7) is 1.16. The van der Waals surface area contributed by atoms with Crippen molar-refractivity contribution < 1.29 is 14.3 Å². The second kappa shape index (κ2) is 8.15. The molecule has 1 aliphatic heterocycles. The van der Waals surface area contributed by atoms with E-state index in [9.17, 15) is 9.59 Å². The van der Waals surface area contributed by atoms with E-state index in [4.69, 9.17) is 4.74 Å². The smallest absolute Gasteiger partial charge is 0.235 e. The minimum absolute atomic E-state index is 0.00114. The number of hydrogen-bond donors (Lipinski definition) is 2. The lowest BCUT2D eigenvalue weighted by Crippen LogP contribution is -2.44. The third-order valence-electron chi connectivity index (χ3n) is 5.63. The normalized spacial score (nSPS) is 18.3. The molecule has 0 bridgehead atoms. The molecule has 28 heavy (non-hydrogen) atoms. The van der Waals surface area contributed by atoms with Crippen molar-refractivity contribution in [2.24, 2.45) is 0 Å². The van der Waals surface area contributed by atoms with E-state index in [0.717, 1.165) is 29.7 Å². The summed E-state index contributed by atoms with van der Waals surface area (Å²) in [5.74, 6) is 0.0609. The minimum Gasteiger partial charge on any atom is -0.381 e. The van der Waals surface area contributed by atoms with E-state index in [1.807, 2.05) is 54.6 Å². The molecule has 0 spiro atoms. The molecule has 1 saturated heterocycles. The number of amides is 2. The van der Waals surface area contributed by atoms with Gasteiger partial charge >= 0.3 is 0 Å². The number of anilines is 1. The molecule has 1 aliphatic carbocycles. The maximum absolute atomic E-state index is 13.3. The highest BCUT2D eigenvalue weighted by atomic mass is 16.5. The van der Waals surface area contributed by atoms with Gasteiger partial charge in [-0.1, -0.05) is 42.5 Å². The van der Waals surface area contributed by atoms with Gasteiger partial charge in [0.25, 0.3) is 0 Å². The standard InChI is InChI=1S/C23H26N2O3/c26-21(24-19-10-11-19)16-17-6-8-20(9-7-17)25-22(27)23(12-14-28-15-13-23)18-4-2-1-3-5-18/h1-9,19H,10-16H2,(H,24,26)(H,25,27). The molecule has 146 valence electrons. The van der Waals surface area contributed by atoms with Crippen LogP contribution in [0.15, 0.2) is 54.6 Å². The zero-order valence-electron chi connectivity index (χ0n) is 15.9. The average Bonchev–Trinajstić information content (AvgIpc) is 3.54. The molecule has 5 heteroatoms. The molecule has 0 atom stereocenters. The summed E-state index contributed by atoms with van der Waals surface area (Å²) < 4.78 is 5.51. The molecule has 2 N–H and O–H groups in total. The molecule has 0 aromatic heterocycles. The Morgan fingerprint density at radius 2 is 1.64 bits per heavy atom. The van der Waals surface area contributed by atoms with Crippen molar-refractivity contribution in [2.45, 2.75) is 43.6 Å². The summed E-state index contributed by atoms with van der Waals surface area (Å²) in [6, 6.07) is 17.9. The molecule has 2 aliphatic rings. The summed E-state index contributed by atoms with van der Waals surface area (Å²) in [4.78, 5) is 25.2. The van der Waals surface area contributed by atoms with Gasteiger partial charge in [-0.05, 0) is 48.9 Å². The predicted octanol–water partition coefficient (Wildman–Crippen LogP) is 3.19. The van der Waals surface area contributed by atoms with Gasteiger partial charge in [0.05, 0.1) is 11.8 Å². The van der Waals surface area contributed by atoms with Crippen LogP contribution < -0.4 is 10.6 Å². The van der Waals surface area contributed by atoms with Crippen LogP contribution in [0.4, 0.5) is 5.69 Å². The van der Waals surface area contributed by atoms with Gasteiger partial charge in [0.1, 0.15) is 0 Å². The number of rotatable bonds is 6. The van der Waals surface area contributed by atoms with Crippen LogP contribution in [0.3, 0.4) is 0 Å². The van der Waals surface area contributed by atoms with Crippen molar-refractivity contribution in [3.8, 4) is 0 Å². The molecule has 4 rings (SSSR count). The highest BCUT2D eigenvalue weighted by Gasteiger charge is 2.41. The maximum atomic E-state index is 13.3. The van der Waals surface area contributed by atoms with E-state index in [2.05, 4.69) is 10.6 Å². The van der Waals surface area contributed by atoms with E-state index in [1.54, 1.807) is 0 Å². The first-order valence-electron chi connectivity index (χ1n) is 9.99. The molecule has 2 fully saturated rings. The fourth-order valence-electron chi connectivity index (χ4n) is 3.77. The zero-order valence-corrected chi connectivity index (χ0v) is 15.9. The van der Waals surface area contributed by atoms with Gasteiger partial charge in [0.15, 0.2) is 0 Å². The van der Waals surface area contributed by atoms with Gasteiger partial charge < -0.3 is 15.4 Å². The number of benzene rings is 2. The van der Waals surface area contributed by atoms with E-state index >= 15 is 0 Å². The summed E-state index contributed by atoms with van der Waals surface area (Å²) in [7, 11) is 0. The molecule has 1 heterocycles. The molecular formula is C23H26N2O3. The molecule has 2 aromatic carbocycles. The van der Waals surface area contributed by atoms with E-state index in [0.29, 0.717) is 38.5 Å². The van der Waals surface area contributed by atoms with Gasteiger partial charge in [-0.25, -0.2) is 0 Å². The van der Waals surface area contributed by atoms with Crippen molar-refractivity contribution in [3.05, 3.63) is 65.7 Å². The quantitative estimate of drug-likeness (QED) is 0.811. The predicted molar refractivity (Wildman–Crippen MR) is 108 cm³/mol. The monoisotopic (exact) mass is 378 g/mol. The second-order valence-electron chi connectivity index (χ2n) is 7.73. The second-order valence-corrected chi connectivity index (χ2v) is 7.73. The van der Waals surface area contributed by atoms with Crippen molar-refractivity contribution in [3.63, 3.8) is 0 Å². The third-order valence-corrected chi connectivity index (χ3v) is 5.63. The molecule has 0 unspecified atom stereocenters. The highest BCUT2D eigenvalue weighted by molar-refractivity contribution is 5.99. The first kappa shape index (κ1) is 18.7. The fourth-order valence-corrected chi connectivity index (χ4v) is 3.77. The Kier molecular flexibility index (Phi) is 5.44. The van der Waals surface area contributed by atoms with Crippen molar-refractivity contribution in [1.82, 2.24) is 5.32 Å². The van der Waals surface area contributed by atoms with Crippen molar-refractivity contribution >= 4 is 17.5 Å². The molecule has 0 radical (unpaired) electrons. The molecule has 5 nitrogen and oxygen atoms in total. The maximum Gasteiger partial charge on any atom is 0.235 e. The van der Waals surface area contributed by atoms with Crippen LogP contribution in [0.5, 0.6) is 0 Å². The minimum atomic E-state index is -0.567. The first-order chi connectivity index (χ1) is 13.7. The van der Waals surface area contributed by atoms with Gasteiger partial charge in [-0.3, -0.25) is 9.59 Å². The Labute approximate surface area is 165 Å². The lowest BCUT2D eigenvalue weighted by molar-refractivity contribution is -0.125. The lowest BCUT2D eigenvalue weighted by atomic mass is 9.73. The topological polar surface area (TPSA) is 67.4 Å². The van der Waals surface area contributed by atoms with Crippen molar-refractivity contribution in [1.29, 1.82) is 0 Å². The number of hydrogen-bond acceptors (Lipinski definition) is 3. The average molecular weight is 378 g/mol. The third kappa shape index (κ3) is 4.25. The number of carbonyl (C=O) groups is 2. The lowest BCUT2D eigenvalue weighted by Gasteiger charge is -2.36. The Morgan fingerprint density at radius 3 is 2.29 bits per heavy atom. The Balaban J connectivity index is 1.44. The zero-order chi connectivity index (χ0) is 19.4. The molecule has 2 amide bonds. The van der Waals surface area contributed by atoms with E-state index in [-0.39, 0.29) is 11.8 Å². The van der Waals surface area contributed by atoms with Crippen LogP contribution in [-0.2, 0) is 26.2 Å². The van der Waals surface area contributed by atoms with Crippen LogP contribution in [0.1, 0.15) is 36.8 Å². The molecule has 2 aromatic rings. The summed E-state index contributed by atoms with van der Waals surface area (Å²) in [5, 5.41) is 6.07. The summed E-state index contributed by atoms with van der Waals surface area (Å²) in [6.07, 6.45) is 3.89. The number of carbonyl (C=O) groups excluding carboxylic acids is 2. The Hall–Kier alpha value is -2.66. The highest BCUT2D eigenvalue weighted by Crippen LogP contribution is 2.36. The van der Waals surface area contributed by atoms with Gasteiger partial charge in [0, 0.05) is 24.9 Å². The Morgan fingerprint density at radius 1 is 0.964 bits per heavy atom. The first-order valence-corrected chi connectivity index (χ1v) is 9.99. The fraction of sp³-hybridized carbons (Fsp3) is 0.391.